The van der Waals surface area contributed by atoms with Crippen LogP contribution in [0.4, 0.5) is 0 Å². The molecule has 0 aliphatic carbocycles. The van der Waals surface area contributed by atoms with Gasteiger partial charge >= 0.3 is 5.97 Å². The van der Waals surface area contributed by atoms with E-state index in [1.807, 2.05) is 50.2 Å². The fourth-order valence-electron chi connectivity index (χ4n) is 2.77. The number of halogens is 1. The molecular formula is C20H21ClO3. The van der Waals surface area contributed by atoms with Crippen LogP contribution in [0.5, 0.6) is 0 Å². The van der Waals surface area contributed by atoms with Crippen LogP contribution >= 0.6 is 11.6 Å². The Labute approximate surface area is 147 Å². The van der Waals surface area contributed by atoms with Crippen molar-refractivity contribution in [3.05, 3.63) is 59.1 Å². The monoisotopic (exact) mass is 344 g/mol. The molecule has 0 aliphatic heterocycles. The molecule has 0 aromatic heterocycles. The second kappa shape index (κ2) is 8.11. The first-order valence-corrected chi connectivity index (χ1v) is 8.36. The van der Waals surface area contributed by atoms with Crippen LogP contribution in [0.15, 0.2) is 48.5 Å². The number of benzene rings is 2. The summed E-state index contributed by atoms with van der Waals surface area (Å²) in [6.45, 7) is 3.98. The number of carbonyl (C=O) groups is 2. The van der Waals surface area contributed by atoms with E-state index in [1.54, 1.807) is 12.1 Å². The summed E-state index contributed by atoms with van der Waals surface area (Å²) in [5.41, 5.74) is 2.56. The molecule has 0 aliphatic rings. The van der Waals surface area contributed by atoms with E-state index in [2.05, 4.69) is 0 Å². The van der Waals surface area contributed by atoms with Crippen LogP contribution in [0.1, 0.15) is 37.0 Å². The smallest absolute Gasteiger partial charge is 0.304 e. The third-order valence-electron chi connectivity index (χ3n) is 3.89. The molecule has 4 heteroatoms. The summed E-state index contributed by atoms with van der Waals surface area (Å²) < 4.78 is 0. The van der Waals surface area contributed by atoms with Gasteiger partial charge in [0.05, 0.1) is 6.42 Å². The molecule has 2 aromatic rings. The average molecular weight is 345 g/mol. The lowest BCUT2D eigenvalue weighted by atomic mass is 9.87. The van der Waals surface area contributed by atoms with Gasteiger partial charge in [-0.05, 0) is 35.6 Å². The molecule has 0 radical (unpaired) electrons. The zero-order chi connectivity index (χ0) is 17.7. The van der Waals surface area contributed by atoms with Gasteiger partial charge < -0.3 is 5.11 Å². The topological polar surface area (TPSA) is 54.4 Å². The van der Waals surface area contributed by atoms with Gasteiger partial charge in [-0.2, -0.15) is 0 Å². The molecule has 126 valence electrons. The van der Waals surface area contributed by atoms with E-state index >= 15 is 0 Å². The minimum Gasteiger partial charge on any atom is -0.481 e. The highest BCUT2D eigenvalue weighted by Crippen LogP contribution is 2.25. The van der Waals surface area contributed by atoms with Crippen molar-refractivity contribution in [2.24, 2.45) is 11.8 Å². The van der Waals surface area contributed by atoms with Crippen molar-refractivity contribution >= 4 is 23.4 Å². The second-order valence-corrected chi connectivity index (χ2v) is 6.81. The molecule has 0 saturated heterocycles. The summed E-state index contributed by atoms with van der Waals surface area (Å²) in [7, 11) is 0. The van der Waals surface area contributed by atoms with Crippen molar-refractivity contribution in [2.75, 3.05) is 0 Å². The lowest BCUT2D eigenvalue weighted by Gasteiger charge is -2.16. The van der Waals surface area contributed by atoms with E-state index in [0.29, 0.717) is 17.0 Å². The third kappa shape index (κ3) is 4.93. The summed E-state index contributed by atoms with van der Waals surface area (Å²) in [4.78, 5) is 23.7. The summed E-state index contributed by atoms with van der Waals surface area (Å²) >= 11 is 5.89. The van der Waals surface area contributed by atoms with Crippen LogP contribution in [0, 0.1) is 11.8 Å². The Morgan fingerprint density at radius 3 is 1.92 bits per heavy atom. The Morgan fingerprint density at radius 1 is 0.958 bits per heavy atom. The van der Waals surface area contributed by atoms with Gasteiger partial charge in [0.2, 0.25) is 0 Å². The van der Waals surface area contributed by atoms with E-state index in [1.165, 1.54) is 0 Å². The summed E-state index contributed by atoms with van der Waals surface area (Å²) in [6.07, 6.45) is 0.444. The zero-order valence-corrected chi connectivity index (χ0v) is 14.6. The van der Waals surface area contributed by atoms with E-state index in [9.17, 15) is 9.59 Å². The average Bonchev–Trinajstić information content (AvgIpc) is 2.53. The van der Waals surface area contributed by atoms with Crippen LogP contribution in [0.25, 0.3) is 11.1 Å². The molecule has 1 atom stereocenters. The van der Waals surface area contributed by atoms with Crippen molar-refractivity contribution in [3.8, 4) is 11.1 Å². The largest absolute Gasteiger partial charge is 0.481 e. The molecule has 0 fully saturated rings. The van der Waals surface area contributed by atoms with Crippen LogP contribution in [0.2, 0.25) is 5.02 Å². The SMILES string of the molecule is CC(C)C[C@H](CC(=O)O)C(=O)c1ccc(-c2ccc(Cl)cc2)cc1. The van der Waals surface area contributed by atoms with Crippen molar-refractivity contribution in [3.63, 3.8) is 0 Å². The standard InChI is InChI=1S/C20H21ClO3/c1-13(2)11-17(12-19(22)23)20(24)16-5-3-14(4-6-16)15-7-9-18(21)10-8-15/h3-10,13,17H,11-12H2,1-2H3,(H,22,23)/t17-/m1/s1. The predicted octanol–water partition coefficient (Wildman–Crippen LogP) is 5.33. The van der Waals surface area contributed by atoms with E-state index in [-0.39, 0.29) is 18.1 Å². The maximum atomic E-state index is 12.6. The number of ketones is 1. The fraction of sp³-hybridized carbons (Fsp3) is 0.300. The molecule has 2 aromatic carbocycles. The van der Waals surface area contributed by atoms with Gasteiger partial charge in [0, 0.05) is 16.5 Å². The van der Waals surface area contributed by atoms with Crippen molar-refractivity contribution in [1.82, 2.24) is 0 Å². The number of hydrogen-bond donors (Lipinski definition) is 1. The zero-order valence-electron chi connectivity index (χ0n) is 13.8. The van der Waals surface area contributed by atoms with Gasteiger partial charge in [0.25, 0.3) is 0 Å². The minimum atomic E-state index is -0.938. The quantitative estimate of drug-likeness (QED) is 0.691. The second-order valence-electron chi connectivity index (χ2n) is 6.37. The Morgan fingerprint density at radius 2 is 1.46 bits per heavy atom. The van der Waals surface area contributed by atoms with E-state index < -0.39 is 11.9 Å². The molecule has 0 bridgehead atoms. The first-order chi connectivity index (χ1) is 11.4. The summed E-state index contributed by atoms with van der Waals surface area (Å²) in [5, 5.41) is 9.72. The Bertz CT molecular complexity index is 703. The van der Waals surface area contributed by atoms with Gasteiger partial charge in [-0.15, -0.1) is 0 Å². The van der Waals surface area contributed by atoms with Crippen LogP contribution in [0.3, 0.4) is 0 Å². The van der Waals surface area contributed by atoms with E-state index in [0.717, 1.165) is 11.1 Å². The minimum absolute atomic E-state index is 0.103. The van der Waals surface area contributed by atoms with Crippen LogP contribution in [-0.4, -0.2) is 16.9 Å². The lowest BCUT2D eigenvalue weighted by Crippen LogP contribution is -2.20. The molecule has 0 amide bonds. The molecule has 0 heterocycles. The van der Waals surface area contributed by atoms with Crippen molar-refractivity contribution < 1.29 is 14.7 Å². The Balaban J connectivity index is 2.19. The van der Waals surface area contributed by atoms with Gasteiger partial charge in [-0.25, -0.2) is 0 Å². The number of carbonyl (C=O) groups excluding carboxylic acids is 1. The molecule has 2 rings (SSSR count). The number of carboxylic acid groups (broad SMARTS) is 1. The highest BCUT2D eigenvalue weighted by molar-refractivity contribution is 6.30. The maximum absolute atomic E-state index is 12.6. The fourth-order valence-corrected chi connectivity index (χ4v) is 2.89. The molecule has 0 spiro atoms. The number of aliphatic carboxylic acids is 1. The molecule has 3 nitrogen and oxygen atoms in total. The first kappa shape index (κ1) is 18.2. The first-order valence-electron chi connectivity index (χ1n) is 7.99. The number of carboxylic acids is 1. The van der Waals surface area contributed by atoms with Gasteiger partial charge in [0.1, 0.15) is 0 Å². The highest BCUT2D eigenvalue weighted by atomic mass is 35.5. The molecular weight excluding hydrogens is 324 g/mol. The summed E-state index contributed by atoms with van der Waals surface area (Å²) in [5.74, 6) is -1.25. The third-order valence-corrected chi connectivity index (χ3v) is 4.15. The predicted molar refractivity (Wildman–Crippen MR) is 96.4 cm³/mol. The number of hydrogen-bond acceptors (Lipinski definition) is 2. The Kier molecular flexibility index (Phi) is 6.16. The highest BCUT2D eigenvalue weighted by Gasteiger charge is 2.23. The molecule has 1 N–H and O–H groups in total. The van der Waals surface area contributed by atoms with Crippen molar-refractivity contribution in [1.29, 1.82) is 0 Å². The Hall–Kier alpha value is -2.13. The van der Waals surface area contributed by atoms with Crippen LogP contribution < -0.4 is 0 Å². The summed E-state index contributed by atoms with van der Waals surface area (Å²) in [6, 6.07) is 14.8. The maximum Gasteiger partial charge on any atom is 0.304 e. The van der Waals surface area contributed by atoms with Gasteiger partial charge in [-0.1, -0.05) is 61.8 Å². The lowest BCUT2D eigenvalue weighted by molar-refractivity contribution is -0.137. The molecule has 0 saturated carbocycles. The molecule has 0 unspecified atom stereocenters. The van der Waals surface area contributed by atoms with Gasteiger partial charge in [-0.3, -0.25) is 9.59 Å². The van der Waals surface area contributed by atoms with Gasteiger partial charge in [0.15, 0.2) is 5.78 Å². The number of rotatable bonds is 7. The molecule has 24 heavy (non-hydrogen) atoms. The normalized spacial score (nSPS) is 12.2. The van der Waals surface area contributed by atoms with E-state index in [4.69, 9.17) is 16.7 Å². The number of Topliss-reactive ketones (excluding diaryl/α,β-unsaturated/α-hetero) is 1. The van der Waals surface area contributed by atoms with Crippen LogP contribution in [-0.2, 0) is 4.79 Å². The van der Waals surface area contributed by atoms with Crippen molar-refractivity contribution in [2.45, 2.75) is 26.7 Å².